The van der Waals surface area contributed by atoms with Crippen LogP contribution in [0.4, 0.5) is 29.8 Å². The zero-order valence-corrected chi connectivity index (χ0v) is 9.14. The van der Waals surface area contributed by atoms with Crippen LogP contribution in [0, 0.1) is 0 Å². The van der Waals surface area contributed by atoms with Crippen molar-refractivity contribution in [1.29, 1.82) is 0 Å². The highest BCUT2D eigenvalue weighted by atomic mass is 32.1. The summed E-state index contributed by atoms with van der Waals surface area (Å²) >= 11 is 1.18. The van der Waals surface area contributed by atoms with Gasteiger partial charge >= 0.3 is 6.18 Å². The molecule has 0 aliphatic rings. The van der Waals surface area contributed by atoms with Crippen LogP contribution in [0.5, 0.6) is 0 Å². The molecule has 2 rings (SSSR count). The fourth-order valence-corrected chi connectivity index (χ4v) is 1.71. The molecule has 2 aromatic heterocycles. The van der Waals surface area contributed by atoms with Crippen LogP contribution >= 0.6 is 11.3 Å². The summed E-state index contributed by atoms with van der Waals surface area (Å²) < 4.78 is 38.1. The maximum Gasteiger partial charge on any atom is 0.420 e. The Labute approximate surface area is 98.3 Å². The number of thiazole rings is 1. The van der Waals surface area contributed by atoms with Crippen molar-refractivity contribution in [2.45, 2.75) is 6.18 Å². The van der Waals surface area contributed by atoms with Crippen LogP contribution in [-0.4, -0.2) is 9.97 Å². The van der Waals surface area contributed by atoms with Crippen LogP contribution in [-0.2, 0) is 6.18 Å². The number of nitrogen functional groups attached to an aromatic ring is 1. The Morgan fingerprint density at radius 1 is 1.29 bits per heavy atom. The molecule has 0 aromatic carbocycles. The van der Waals surface area contributed by atoms with Gasteiger partial charge in [-0.3, -0.25) is 0 Å². The second-order valence-corrected chi connectivity index (χ2v) is 4.02. The zero-order chi connectivity index (χ0) is 12.5. The molecular weight excluding hydrogens is 253 g/mol. The minimum Gasteiger partial charge on any atom is -0.397 e. The summed E-state index contributed by atoms with van der Waals surface area (Å²) in [7, 11) is 0. The van der Waals surface area contributed by atoms with Crippen LogP contribution in [0.25, 0.3) is 0 Å². The van der Waals surface area contributed by atoms with E-state index in [1.54, 1.807) is 5.38 Å². The number of alkyl halides is 3. The minimum absolute atomic E-state index is 0.0398. The molecule has 17 heavy (non-hydrogen) atoms. The molecule has 8 heteroatoms. The standard InChI is InChI=1S/C9H7F3N4S/c10-9(11,12)6-3-5(13)4-15-7(6)16-8-14-1-2-17-8/h1-4H,13H2,(H,14,15,16). The molecular formula is C9H7F3N4S. The summed E-state index contributed by atoms with van der Waals surface area (Å²) in [6, 6.07) is 0.836. The lowest BCUT2D eigenvalue weighted by Gasteiger charge is -2.12. The lowest BCUT2D eigenvalue weighted by Crippen LogP contribution is -2.11. The largest absolute Gasteiger partial charge is 0.420 e. The van der Waals surface area contributed by atoms with Crippen molar-refractivity contribution in [3.63, 3.8) is 0 Å². The Bertz CT molecular complexity index is 509. The fourth-order valence-electron chi connectivity index (χ4n) is 1.18. The van der Waals surface area contributed by atoms with Crippen molar-refractivity contribution in [1.82, 2.24) is 9.97 Å². The maximum absolute atomic E-state index is 12.7. The van der Waals surface area contributed by atoms with Crippen molar-refractivity contribution >= 4 is 28.0 Å². The predicted molar refractivity (Wildman–Crippen MR) is 59.0 cm³/mol. The number of nitrogens with two attached hydrogens (primary N) is 1. The second-order valence-electron chi connectivity index (χ2n) is 3.12. The Morgan fingerprint density at radius 3 is 2.65 bits per heavy atom. The highest BCUT2D eigenvalue weighted by molar-refractivity contribution is 7.13. The van der Waals surface area contributed by atoms with E-state index in [2.05, 4.69) is 15.3 Å². The van der Waals surface area contributed by atoms with E-state index < -0.39 is 11.7 Å². The maximum atomic E-state index is 12.7. The first-order chi connectivity index (χ1) is 7.97. The Balaban J connectivity index is 2.40. The molecule has 3 N–H and O–H groups in total. The van der Waals surface area contributed by atoms with Gasteiger partial charge in [0.1, 0.15) is 11.4 Å². The van der Waals surface area contributed by atoms with Gasteiger partial charge < -0.3 is 11.1 Å². The Morgan fingerprint density at radius 2 is 2.06 bits per heavy atom. The predicted octanol–water partition coefficient (Wildman–Crippen LogP) is 2.88. The Hall–Kier alpha value is -1.83. The molecule has 0 amide bonds. The van der Waals surface area contributed by atoms with Crippen LogP contribution < -0.4 is 11.1 Å². The number of nitrogens with one attached hydrogen (secondary N) is 1. The molecule has 0 spiro atoms. The molecule has 0 bridgehead atoms. The lowest BCUT2D eigenvalue weighted by molar-refractivity contribution is -0.137. The van der Waals surface area contributed by atoms with E-state index in [9.17, 15) is 13.2 Å². The van der Waals surface area contributed by atoms with Gasteiger partial charge in [0.25, 0.3) is 0 Å². The normalized spacial score (nSPS) is 11.5. The summed E-state index contributed by atoms with van der Waals surface area (Å²) in [5.74, 6) is -0.304. The molecule has 90 valence electrons. The van der Waals surface area contributed by atoms with Crippen molar-refractivity contribution < 1.29 is 13.2 Å². The average molecular weight is 260 g/mol. The van der Waals surface area contributed by atoms with Gasteiger partial charge in [-0.05, 0) is 6.07 Å². The van der Waals surface area contributed by atoms with Crippen molar-refractivity contribution in [3.8, 4) is 0 Å². The first-order valence-electron chi connectivity index (χ1n) is 4.46. The first-order valence-corrected chi connectivity index (χ1v) is 5.34. The van der Waals surface area contributed by atoms with Crippen molar-refractivity contribution in [2.24, 2.45) is 0 Å². The van der Waals surface area contributed by atoms with E-state index in [1.807, 2.05) is 0 Å². The van der Waals surface area contributed by atoms with Gasteiger partial charge in [0.2, 0.25) is 0 Å². The number of halogens is 3. The Kier molecular flexibility index (Phi) is 2.88. The van der Waals surface area contributed by atoms with E-state index in [1.165, 1.54) is 17.5 Å². The molecule has 2 heterocycles. The van der Waals surface area contributed by atoms with Crippen LogP contribution in [0.15, 0.2) is 23.8 Å². The average Bonchev–Trinajstić information content (AvgIpc) is 2.72. The molecule has 0 fully saturated rings. The smallest absolute Gasteiger partial charge is 0.397 e. The monoisotopic (exact) mass is 260 g/mol. The van der Waals surface area contributed by atoms with Gasteiger partial charge in [0, 0.05) is 11.6 Å². The number of hydrogen-bond donors (Lipinski definition) is 2. The highest BCUT2D eigenvalue weighted by Crippen LogP contribution is 2.36. The van der Waals surface area contributed by atoms with Crippen LogP contribution in [0.3, 0.4) is 0 Å². The number of nitrogens with zero attached hydrogens (tertiary/aromatic N) is 2. The third kappa shape index (κ3) is 2.64. The summed E-state index contributed by atoms with van der Waals surface area (Å²) in [5, 5.41) is 4.49. The fraction of sp³-hybridized carbons (Fsp3) is 0.111. The van der Waals surface area contributed by atoms with Crippen LogP contribution in [0.1, 0.15) is 5.56 Å². The topological polar surface area (TPSA) is 63.8 Å². The van der Waals surface area contributed by atoms with E-state index in [-0.39, 0.29) is 11.5 Å². The third-order valence-corrected chi connectivity index (χ3v) is 2.56. The quantitative estimate of drug-likeness (QED) is 0.871. The number of aromatic nitrogens is 2. The molecule has 0 unspecified atom stereocenters. The van der Waals surface area contributed by atoms with Gasteiger partial charge in [-0.1, -0.05) is 0 Å². The molecule has 0 saturated heterocycles. The molecule has 0 aliphatic heterocycles. The van der Waals surface area contributed by atoms with Gasteiger partial charge in [0.15, 0.2) is 5.13 Å². The SMILES string of the molecule is Nc1cnc(Nc2nccs2)c(C(F)(F)F)c1. The number of hydrogen-bond acceptors (Lipinski definition) is 5. The molecule has 0 saturated carbocycles. The summed E-state index contributed by atoms with van der Waals surface area (Å²) in [4.78, 5) is 7.46. The van der Waals surface area contributed by atoms with Gasteiger partial charge in [-0.2, -0.15) is 13.2 Å². The van der Waals surface area contributed by atoms with E-state index in [0.717, 1.165) is 12.3 Å². The molecule has 4 nitrogen and oxygen atoms in total. The van der Waals surface area contributed by atoms with Crippen molar-refractivity contribution in [2.75, 3.05) is 11.1 Å². The summed E-state index contributed by atoms with van der Waals surface area (Å²) in [6.07, 6.45) is -1.87. The van der Waals surface area contributed by atoms with E-state index in [4.69, 9.17) is 5.73 Å². The van der Waals surface area contributed by atoms with Gasteiger partial charge in [0.05, 0.1) is 11.9 Å². The third-order valence-electron chi connectivity index (χ3n) is 1.87. The molecule has 0 aliphatic carbocycles. The summed E-state index contributed by atoms with van der Waals surface area (Å²) in [6.45, 7) is 0. The molecule has 0 radical (unpaired) electrons. The molecule has 0 atom stereocenters. The first kappa shape index (κ1) is 11.6. The number of rotatable bonds is 2. The summed E-state index contributed by atoms with van der Waals surface area (Å²) in [5.41, 5.74) is 4.34. The number of anilines is 3. The minimum atomic E-state index is -4.51. The number of pyridine rings is 1. The van der Waals surface area contributed by atoms with E-state index >= 15 is 0 Å². The molecule has 2 aromatic rings. The van der Waals surface area contributed by atoms with Gasteiger partial charge in [-0.15, -0.1) is 11.3 Å². The van der Waals surface area contributed by atoms with Crippen molar-refractivity contribution in [3.05, 3.63) is 29.4 Å². The highest BCUT2D eigenvalue weighted by Gasteiger charge is 2.34. The zero-order valence-electron chi connectivity index (χ0n) is 8.32. The van der Waals surface area contributed by atoms with Crippen LogP contribution in [0.2, 0.25) is 0 Å². The van der Waals surface area contributed by atoms with E-state index in [0.29, 0.717) is 5.13 Å². The lowest BCUT2D eigenvalue weighted by atomic mass is 10.2. The second kappa shape index (κ2) is 4.21. The van der Waals surface area contributed by atoms with Gasteiger partial charge in [-0.25, -0.2) is 9.97 Å².